The SMILES string of the molecule is O=C(COC(=O)c1nc(-c2ccc(Br)cc2)n(-c2ccc(Cl)cc2)n1)c1ccc(Br)cc1. The van der Waals surface area contributed by atoms with Crippen LogP contribution in [0.4, 0.5) is 0 Å². The second-order valence-electron chi connectivity index (χ2n) is 6.66. The van der Waals surface area contributed by atoms with Crippen molar-refractivity contribution in [3.05, 3.63) is 98.2 Å². The number of carbonyl (C=O) groups excluding carboxylic acids is 2. The normalized spacial score (nSPS) is 10.7. The molecule has 0 radical (unpaired) electrons. The van der Waals surface area contributed by atoms with Gasteiger partial charge in [0, 0.05) is 25.1 Å². The molecule has 0 aliphatic heterocycles. The maximum Gasteiger partial charge on any atom is 0.378 e. The second-order valence-corrected chi connectivity index (χ2v) is 8.93. The molecule has 4 aromatic rings. The first-order chi connectivity index (χ1) is 15.4. The lowest BCUT2D eigenvalue weighted by Gasteiger charge is -2.06. The van der Waals surface area contributed by atoms with E-state index in [1.807, 2.05) is 24.3 Å². The predicted octanol–water partition coefficient (Wildman–Crippen LogP) is 6.15. The van der Waals surface area contributed by atoms with Crippen LogP contribution >= 0.6 is 43.5 Å². The topological polar surface area (TPSA) is 74.1 Å². The van der Waals surface area contributed by atoms with E-state index in [1.165, 1.54) is 4.68 Å². The Hall–Kier alpha value is -2.81. The average Bonchev–Trinajstić information content (AvgIpc) is 3.24. The standard InChI is InChI=1S/C23H14Br2ClN3O3/c24-16-5-1-14(2-6-16)20(30)13-32-23(31)21-27-22(15-3-7-17(25)8-4-15)29(28-21)19-11-9-18(26)10-12-19/h1-12H,13H2. The van der Waals surface area contributed by atoms with Gasteiger partial charge >= 0.3 is 5.97 Å². The summed E-state index contributed by atoms with van der Waals surface area (Å²) < 4.78 is 8.48. The van der Waals surface area contributed by atoms with Crippen LogP contribution in [0.15, 0.2) is 81.7 Å². The van der Waals surface area contributed by atoms with E-state index in [-0.39, 0.29) is 11.6 Å². The molecule has 0 saturated carbocycles. The molecule has 9 heteroatoms. The number of nitrogens with zero attached hydrogens (tertiary/aromatic N) is 3. The Bertz CT molecular complexity index is 1210. The van der Waals surface area contributed by atoms with E-state index in [9.17, 15) is 9.59 Å². The van der Waals surface area contributed by atoms with Gasteiger partial charge in [-0.1, -0.05) is 67.7 Å². The van der Waals surface area contributed by atoms with Gasteiger partial charge in [-0.25, -0.2) is 14.5 Å². The van der Waals surface area contributed by atoms with Crippen molar-refractivity contribution >= 4 is 55.2 Å². The van der Waals surface area contributed by atoms with E-state index in [0.717, 1.165) is 14.5 Å². The van der Waals surface area contributed by atoms with Crippen molar-refractivity contribution in [2.75, 3.05) is 6.61 Å². The zero-order chi connectivity index (χ0) is 22.7. The summed E-state index contributed by atoms with van der Waals surface area (Å²) in [6, 6.07) is 21.2. The number of ether oxygens (including phenoxy) is 1. The Kier molecular flexibility index (Phi) is 6.83. The first-order valence-electron chi connectivity index (χ1n) is 9.35. The molecule has 0 aliphatic rings. The molecule has 0 aliphatic carbocycles. The van der Waals surface area contributed by atoms with Gasteiger partial charge in [-0.15, -0.1) is 5.10 Å². The third-order valence-electron chi connectivity index (χ3n) is 4.46. The molecule has 32 heavy (non-hydrogen) atoms. The average molecular weight is 576 g/mol. The number of Topliss-reactive ketones (excluding diaryl/α,β-unsaturated/α-hetero) is 1. The maximum atomic E-state index is 12.6. The Morgan fingerprint density at radius 2 is 1.47 bits per heavy atom. The van der Waals surface area contributed by atoms with E-state index < -0.39 is 12.6 Å². The van der Waals surface area contributed by atoms with Crippen molar-refractivity contribution in [2.45, 2.75) is 0 Å². The van der Waals surface area contributed by atoms with Crippen molar-refractivity contribution in [1.29, 1.82) is 0 Å². The molecule has 4 rings (SSSR count). The van der Waals surface area contributed by atoms with Gasteiger partial charge in [-0.2, -0.15) is 0 Å². The van der Waals surface area contributed by atoms with Gasteiger partial charge in [-0.05, 0) is 48.5 Å². The Balaban J connectivity index is 1.60. The van der Waals surface area contributed by atoms with Crippen LogP contribution < -0.4 is 0 Å². The summed E-state index contributed by atoms with van der Waals surface area (Å²) in [7, 11) is 0. The van der Waals surface area contributed by atoms with E-state index in [0.29, 0.717) is 22.1 Å². The van der Waals surface area contributed by atoms with Gasteiger partial charge in [-0.3, -0.25) is 4.79 Å². The number of rotatable bonds is 6. The van der Waals surface area contributed by atoms with Crippen molar-refractivity contribution in [3.63, 3.8) is 0 Å². The molecule has 0 unspecified atom stereocenters. The van der Waals surface area contributed by atoms with Crippen LogP contribution in [0.5, 0.6) is 0 Å². The molecule has 1 aromatic heterocycles. The number of ketones is 1. The summed E-state index contributed by atoms with van der Waals surface area (Å²) in [6.45, 7) is -0.413. The number of aromatic nitrogens is 3. The number of esters is 1. The third-order valence-corrected chi connectivity index (χ3v) is 5.77. The van der Waals surface area contributed by atoms with Gasteiger partial charge in [0.25, 0.3) is 5.82 Å². The number of hydrogen-bond donors (Lipinski definition) is 0. The number of benzene rings is 3. The summed E-state index contributed by atoms with van der Waals surface area (Å²) in [4.78, 5) is 29.3. The van der Waals surface area contributed by atoms with Crippen molar-refractivity contribution in [2.24, 2.45) is 0 Å². The van der Waals surface area contributed by atoms with E-state index >= 15 is 0 Å². The molecule has 3 aromatic carbocycles. The van der Waals surface area contributed by atoms with Gasteiger partial charge in [0.15, 0.2) is 18.2 Å². The highest BCUT2D eigenvalue weighted by molar-refractivity contribution is 9.10. The molecule has 0 fully saturated rings. The van der Waals surface area contributed by atoms with Crippen LogP contribution in [-0.2, 0) is 4.74 Å². The minimum atomic E-state index is -0.790. The van der Waals surface area contributed by atoms with Crippen molar-refractivity contribution < 1.29 is 14.3 Å². The Labute approximate surface area is 205 Å². The summed E-state index contributed by atoms with van der Waals surface area (Å²) in [5.41, 5.74) is 1.86. The number of hydrogen-bond acceptors (Lipinski definition) is 5. The van der Waals surface area contributed by atoms with Gasteiger partial charge < -0.3 is 4.74 Å². The molecule has 160 valence electrons. The smallest absolute Gasteiger partial charge is 0.378 e. The number of carbonyl (C=O) groups is 2. The monoisotopic (exact) mass is 573 g/mol. The molecule has 0 amide bonds. The van der Waals surface area contributed by atoms with Gasteiger partial charge in [0.1, 0.15) is 0 Å². The molecule has 6 nitrogen and oxygen atoms in total. The van der Waals surface area contributed by atoms with Crippen LogP contribution in [0.1, 0.15) is 21.0 Å². The quantitative estimate of drug-likeness (QED) is 0.204. The highest BCUT2D eigenvalue weighted by Crippen LogP contribution is 2.24. The fraction of sp³-hybridized carbons (Fsp3) is 0.0435. The first kappa shape index (κ1) is 22.4. The third kappa shape index (κ3) is 5.15. The lowest BCUT2D eigenvalue weighted by atomic mass is 10.1. The zero-order valence-electron chi connectivity index (χ0n) is 16.3. The van der Waals surface area contributed by atoms with Gasteiger partial charge in [0.05, 0.1) is 5.69 Å². The fourth-order valence-electron chi connectivity index (χ4n) is 2.86. The van der Waals surface area contributed by atoms with Crippen LogP contribution in [0, 0.1) is 0 Å². The lowest BCUT2D eigenvalue weighted by molar-refractivity contribution is 0.0462. The summed E-state index contributed by atoms with van der Waals surface area (Å²) in [5, 5.41) is 4.90. The van der Waals surface area contributed by atoms with Crippen LogP contribution in [0.2, 0.25) is 5.02 Å². The molecule has 0 atom stereocenters. The first-order valence-corrected chi connectivity index (χ1v) is 11.3. The van der Waals surface area contributed by atoms with E-state index in [1.54, 1.807) is 48.5 Å². The van der Waals surface area contributed by atoms with Crippen LogP contribution in [0.25, 0.3) is 17.1 Å². The summed E-state index contributed by atoms with van der Waals surface area (Å²) >= 11 is 12.7. The minimum absolute atomic E-state index is 0.151. The molecular formula is C23H14Br2ClN3O3. The zero-order valence-corrected chi connectivity index (χ0v) is 20.3. The van der Waals surface area contributed by atoms with Gasteiger partial charge in [0.2, 0.25) is 0 Å². The van der Waals surface area contributed by atoms with Crippen molar-refractivity contribution in [1.82, 2.24) is 14.8 Å². The predicted molar refractivity (Wildman–Crippen MR) is 128 cm³/mol. The lowest BCUT2D eigenvalue weighted by Crippen LogP contribution is -2.15. The molecule has 1 heterocycles. The highest BCUT2D eigenvalue weighted by Gasteiger charge is 2.21. The van der Waals surface area contributed by atoms with Crippen molar-refractivity contribution in [3.8, 4) is 17.1 Å². The van der Waals surface area contributed by atoms with Crippen LogP contribution in [-0.4, -0.2) is 33.1 Å². The Morgan fingerprint density at radius 1 is 0.875 bits per heavy atom. The fourth-order valence-corrected chi connectivity index (χ4v) is 3.52. The minimum Gasteiger partial charge on any atom is -0.451 e. The largest absolute Gasteiger partial charge is 0.451 e. The number of halogens is 3. The Morgan fingerprint density at radius 3 is 2.09 bits per heavy atom. The van der Waals surface area contributed by atoms with Crippen LogP contribution in [0.3, 0.4) is 0 Å². The molecule has 0 bridgehead atoms. The maximum absolute atomic E-state index is 12.6. The van der Waals surface area contributed by atoms with E-state index in [4.69, 9.17) is 16.3 Å². The summed E-state index contributed by atoms with van der Waals surface area (Å²) in [5.74, 6) is -0.815. The highest BCUT2D eigenvalue weighted by atomic mass is 79.9. The molecular weight excluding hydrogens is 562 g/mol. The van der Waals surface area contributed by atoms with E-state index in [2.05, 4.69) is 41.9 Å². The second kappa shape index (κ2) is 9.77. The molecule has 0 spiro atoms. The molecule has 0 N–H and O–H groups in total. The summed E-state index contributed by atoms with van der Waals surface area (Å²) in [6.07, 6.45) is 0. The molecule has 0 saturated heterocycles.